The largest absolute Gasteiger partial charge is 0.485 e. The fourth-order valence-electron chi connectivity index (χ4n) is 3.02. The van der Waals surface area contributed by atoms with E-state index in [0.717, 1.165) is 17.0 Å². The van der Waals surface area contributed by atoms with Gasteiger partial charge < -0.3 is 10.1 Å². The van der Waals surface area contributed by atoms with Crippen molar-refractivity contribution in [2.75, 3.05) is 11.9 Å². The number of aryl methyl sites for hydroxylation is 2. The Labute approximate surface area is 177 Å². The first-order chi connectivity index (χ1) is 15.0. The zero-order chi connectivity index (χ0) is 21.8. The summed E-state index contributed by atoms with van der Waals surface area (Å²) < 4.78 is 31.0. The Bertz CT molecular complexity index is 1180. The van der Waals surface area contributed by atoms with Crippen molar-refractivity contribution in [2.24, 2.45) is 0 Å². The van der Waals surface area contributed by atoms with Gasteiger partial charge in [-0.2, -0.15) is 10.2 Å². The second-order valence-corrected chi connectivity index (χ2v) is 7.04. The summed E-state index contributed by atoms with van der Waals surface area (Å²) in [6.07, 6.45) is 0.510. The van der Waals surface area contributed by atoms with Gasteiger partial charge in [0.2, 0.25) is 0 Å². The van der Waals surface area contributed by atoms with E-state index in [1.807, 2.05) is 44.2 Å². The molecule has 0 radical (unpaired) electrons. The smallest absolute Gasteiger partial charge is 0.272 e. The van der Waals surface area contributed by atoms with Gasteiger partial charge in [0.25, 0.3) is 6.43 Å². The average molecular weight is 422 g/mol. The first-order valence-corrected chi connectivity index (χ1v) is 9.65. The molecule has 0 atom stereocenters. The fourth-order valence-corrected chi connectivity index (χ4v) is 3.02. The van der Waals surface area contributed by atoms with Crippen LogP contribution >= 0.6 is 0 Å². The van der Waals surface area contributed by atoms with E-state index in [2.05, 4.69) is 30.5 Å². The zero-order valence-electron chi connectivity index (χ0n) is 17.0. The molecule has 7 nitrogen and oxygen atoms in total. The molecule has 1 aromatic carbocycles. The van der Waals surface area contributed by atoms with Gasteiger partial charge in [-0.15, -0.1) is 0 Å². The molecule has 9 heteroatoms. The van der Waals surface area contributed by atoms with Crippen molar-refractivity contribution in [3.8, 4) is 17.0 Å². The van der Waals surface area contributed by atoms with Crippen LogP contribution in [-0.2, 0) is 6.54 Å². The van der Waals surface area contributed by atoms with E-state index < -0.39 is 13.0 Å². The number of halogens is 2. The topological polar surface area (TPSA) is 85.7 Å². The summed E-state index contributed by atoms with van der Waals surface area (Å²) in [4.78, 5) is 13.0. The molecule has 31 heavy (non-hydrogen) atoms. The van der Waals surface area contributed by atoms with Gasteiger partial charge in [0, 0.05) is 17.1 Å². The van der Waals surface area contributed by atoms with E-state index in [4.69, 9.17) is 4.74 Å². The molecular weight excluding hydrogens is 402 g/mol. The van der Waals surface area contributed by atoms with Crippen molar-refractivity contribution in [3.05, 3.63) is 65.9 Å². The molecule has 4 rings (SSSR count). The van der Waals surface area contributed by atoms with Crippen LogP contribution in [0.5, 0.6) is 5.75 Å². The highest BCUT2D eigenvalue weighted by atomic mass is 19.3. The summed E-state index contributed by atoms with van der Waals surface area (Å²) in [7, 11) is 0. The van der Waals surface area contributed by atoms with Gasteiger partial charge in [0.1, 0.15) is 30.0 Å². The van der Waals surface area contributed by atoms with Crippen LogP contribution in [0.15, 0.2) is 48.9 Å². The van der Waals surface area contributed by atoms with Crippen LogP contribution in [0.2, 0.25) is 0 Å². The number of benzene rings is 1. The molecule has 0 fully saturated rings. The highest BCUT2D eigenvalue weighted by molar-refractivity contribution is 5.96. The van der Waals surface area contributed by atoms with Gasteiger partial charge in [-0.25, -0.2) is 18.7 Å². The molecule has 0 aliphatic heterocycles. The zero-order valence-corrected chi connectivity index (χ0v) is 17.0. The van der Waals surface area contributed by atoms with Crippen LogP contribution in [0.1, 0.15) is 17.0 Å². The van der Waals surface area contributed by atoms with E-state index in [1.54, 1.807) is 12.3 Å². The van der Waals surface area contributed by atoms with Gasteiger partial charge in [-0.3, -0.25) is 4.98 Å². The monoisotopic (exact) mass is 422 g/mol. The van der Waals surface area contributed by atoms with Crippen LogP contribution in [-0.4, -0.2) is 38.2 Å². The molecule has 0 saturated carbocycles. The number of hydrogen-bond acceptors (Lipinski definition) is 7. The van der Waals surface area contributed by atoms with Gasteiger partial charge in [-0.1, -0.05) is 6.07 Å². The van der Waals surface area contributed by atoms with Crippen LogP contribution in [0.4, 0.5) is 14.6 Å². The number of nitrogens with zero attached hydrogens (tertiary/aromatic N) is 5. The molecule has 1 N–H and O–H groups in total. The number of anilines is 1. The first kappa shape index (κ1) is 20.5. The number of pyridine rings is 1. The SMILES string of the molecule is Cc1ccc(-c2cc(OCC(F)F)c3ncnc(NCc4ccc(C)nn4)c3c2)nc1. The molecule has 0 spiro atoms. The van der Waals surface area contributed by atoms with Gasteiger partial charge in [-0.05, 0) is 49.7 Å². The van der Waals surface area contributed by atoms with Crippen LogP contribution in [0.3, 0.4) is 0 Å². The number of nitrogens with one attached hydrogen (secondary N) is 1. The molecule has 4 aromatic rings. The van der Waals surface area contributed by atoms with E-state index in [1.165, 1.54) is 6.33 Å². The summed E-state index contributed by atoms with van der Waals surface area (Å²) in [6.45, 7) is 3.47. The number of fused-ring (bicyclic) bond motifs is 1. The van der Waals surface area contributed by atoms with Gasteiger partial charge >= 0.3 is 0 Å². The molecule has 158 valence electrons. The van der Waals surface area contributed by atoms with Crippen molar-refractivity contribution < 1.29 is 13.5 Å². The first-order valence-electron chi connectivity index (χ1n) is 9.65. The van der Waals surface area contributed by atoms with E-state index in [-0.39, 0.29) is 5.75 Å². The summed E-state index contributed by atoms with van der Waals surface area (Å²) >= 11 is 0. The summed E-state index contributed by atoms with van der Waals surface area (Å²) in [5.74, 6) is 0.777. The molecule has 3 heterocycles. The lowest BCUT2D eigenvalue weighted by Crippen LogP contribution is -2.09. The second-order valence-electron chi connectivity index (χ2n) is 7.04. The molecule has 0 amide bonds. The number of ether oxygens (including phenoxy) is 1. The summed E-state index contributed by atoms with van der Waals surface area (Å²) in [6, 6.07) is 11.1. The predicted octanol–water partition coefficient (Wildman–Crippen LogP) is 4.35. The molecule has 0 aliphatic rings. The van der Waals surface area contributed by atoms with E-state index in [0.29, 0.717) is 34.5 Å². The Morgan fingerprint density at radius 1 is 1.00 bits per heavy atom. The fraction of sp³-hybridized carbons (Fsp3) is 0.227. The van der Waals surface area contributed by atoms with Crippen LogP contribution < -0.4 is 10.1 Å². The van der Waals surface area contributed by atoms with Crippen molar-refractivity contribution in [3.63, 3.8) is 0 Å². The molecule has 0 unspecified atom stereocenters. The number of aromatic nitrogens is 5. The molecule has 0 saturated heterocycles. The van der Waals surface area contributed by atoms with E-state index in [9.17, 15) is 8.78 Å². The van der Waals surface area contributed by atoms with Gasteiger partial charge in [0.05, 0.1) is 23.6 Å². The summed E-state index contributed by atoms with van der Waals surface area (Å²) in [5, 5.41) is 12.0. The maximum atomic E-state index is 12.8. The number of hydrogen-bond donors (Lipinski definition) is 1. The quantitative estimate of drug-likeness (QED) is 0.474. The lowest BCUT2D eigenvalue weighted by molar-refractivity contribution is 0.0826. The maximum absolute atomic E-state index is 12.8. The highest BCUT2D eigenvalue weighted by Gasteiger charge is 2.15. The highest BCUT2D eigenvalue weighted by Crippen LogP contribution is 2.34. The third-order valence-corrected chi connectivity index (χ3v) is 4.57. The third kappa shape index (κ3) is 4.88. The average Bonchev–Trinajstić information content (AvgIpc) is 2.77. The molecular formula is C22H20F2N6O. The molecule has 0 bridgehead atoms. The molecule has 0 aliphatic carbocycles. The predicted molar refractivity (Wildman–Crippen MR) is 113 cm³/mol. The Balaban J connectivity index is 1.75. The van der Waals surface area contributed by atoms with Crippen molar-refractivity contribution in [1.82, 2.24) is 25.1 Å². The lowest BCUT2D eigenvalue weighted by Gasteiger charge is -2.14. The van der Waals surface area contributed by atoms with Crippen molar-refractivity contribution in [2.45, 2.75) is 26.8 Å². The number of alkyl halides is 2. The maximum Gasteiger partial charge on any atom is 0.272 e. The second kappa shape index (κ2) is 8.95. The third-order valence-electron chi connectivity index (χ3n) is 4.57. The minimum absolute atomic E-state index is 0.246. The van der Waals surface area contributed by atoms with E-state index >= 15 is 0 Å². The van der Waals surface area contributed by atoms with Crippen molar-refractivity contribution >= 4 is 16.7 Å². The number of rotatable bonds is 7. The summed E-state index contributed by atoms with van der Waals surface area (Å²) in [5.41, 5.74) is 4.42. The minimum Gasteiger partial charge on any atom is -0.485 e. The lowest BCUT2D eigenvalue weighted by atomic mass is 10.1. The Kier molecular flexibility index (Phi) is 5.92. The standard InChI is InChI=1S/C22H20F2N6O/c1-13-3-6-18(25-9-13)15-7-17-21(19(8-15)31-11-20(23)24)27-12-28-22(17)26-10-16-5-4-14(2)29-30-16/h3-9,12,20H,10-11H2,1-2H3,(H,26,27,28). The van der Waals surface area contributed by atoms with Crippen LogP contribution in [0.25, 0.3) is 22.2 Å². The van der Waals surface area contributed by atoms with Gasteiger partial charge in [0.15, 0.2) is 0 Å². The normalized spacial score (nSPS) is 11.1. The molecule has 3 aromatic heterocycles. The Morgan fingerprint density at radius 2 is 1.87 bits per heavy atom. The Morgan fingerprint density at radius 3 is 2.58 bits per heavy atom. The Hall–Kier alpha value is -3.75. The minimum atomic E-state index is -2.60. The van der Waals surface area contributed by atoms with Crippen LogP contribution in [0, 0.1) is 13.8 Å². The van der Waals surface area contributed by atoms with Crippen molar-refractivity contribution in [1.29, 1.82) is 0 Å².